The van der Waals surface area contributed by atoms with E-state index < -0.39 is 22.5 Å². The number of benzene rings is 3. The first-order valence-corrected chi connectivity index (χ1v) is 12.4. The van der Waals surface area contributed by atoms with Gasteiger partial charge in [0.25, 0.3) is 0 Å². The first-order chi connectivity index (χ1) is 16.2. The minimum Gasteiger partial charge on any atom is -0.493 e. The van der Waals surface area contributed by atoms with Crippen molar-refractivity contribution in [1.82, 2.24) is 4.31 Å². The highest BCUT2D eigenvalue weighted by atomic mass is 35.5. The van der Waals surface area contributed by atoms with Gasteiger partial charge in [0, 0.05) is 18.3 Å². The summed E-state index contributed by atoms with van der Waals surface area (Å²) in [7, 11) is -1.15. The van der Waals surface area contributed by atoms with Gasteiger partial charge in [-0.05, 0) is 42.3 Å². The Morgan fingerprint density at radius 3 is 2.26 bits per heavy atom. The molecular weight excluding hydrogens is 499 g/mol. The molecule has 0 aliphatic heterocycles. The number of carbonyl (C=O) groups is 1. The van der Waals surface area contributed by atoms with E-state index in [-0.39, 0.29) is 22.2 Å². The molecule has 1 N–H and O–H groups in total. The molecule has 0 unspecified atom stereocenters. The highest BCUT2D eigenvalue weighted by Crippen LogP contribution is 2.31. The minimum atomic E-state index is -4.04. The number of halogens is 2. The molecule has 0 radical (unpaired) electrons. The number of sulfonamides is 1. The van der Waals surface area contributed by atoms with Crippen LogP contribution in [-0.2, 0) is 21.2 Å². The smallest absolute Gasteiger partial charge is 0.243 e. The zero-order chi connectivity index (χ0) is 24.7. The summed E-state index contributed by atoms with van der Waals surface area (Å²) >= 11 is 11.9. The van der Waals surface area contributed by atoms with Gasteiger partial charge in [-0.2, -0.15) is 4.31 Å². The second-order valence-corrected chi connectivity index (χ2v) is 10.0. The zero-order valence-corrected chi connectivity index (χ0v) is 21.0. The number of rotatable bonds is 10. The maximum Gasteiger partial charge on any atom is 0.243 e. The molecule has 0 saturated heterocycles. The summed E-state index contributed by atoms with van der Waals surface area (Å²) in [6.45, 7) is -0.306. The zero-order valence-electron chi connectivity index (χ0n) is 18.6. The molecule has 0 aliphatic carbocycles. The maximum absolute atomic E-state index is 13.5. The van der Waals surface area contributed by atoms with Crippen molar-refractivity contribution in [3.05, 3.63) is 82.3 Å². The lowest BCUT2D eigenvalue weighted by Gasteiger charge is -2.22. The van der Waals surface area contributed by atoms with E-state index in [1.54, 1.807) is 12.1 Å². The van der Waals surface area contributed by atoms with Gasteiger partial charge in [0.05, 0.1) is 35.7 Å². The third-order valence-corrected chi connectivity index (χ3v) is 7.59. The Morgan fingerprint density at radius 1 is 0.912 bits per heavy atom. The molecule has 10 heteroatoms. The normalized spacial score (nSPS) is 11.3. The van der Waals surface area contributed by atoms with Crippen molar-refractivity contribution >= 4 is 44.8 Å². The van der Waals surface area contributed by atoms with E-state index in [2.05, 4.69) is 5.32 Å². The summed E-state index contributed by atoms with van der Waals surface area (Å²) < 4.78 is 38.6. The molecule has 0 atom stereocenters. The first kappa shape index (κ1) is 25.8. The van der Waals surface area contributed by atoms with Crippen molar-refractivity contribution < 1.29 is 22.7 Å². The van der Waals surface area contributed by atoms with Crippen LogP contribution in [0, 0.1) is 0 Å². The maximum atomic E-state index is 13.5. The molecule has 34 heavy (non-hydrogen) atoms. The van der Waals surface area contributed by atoms with Crippen molar-refractivity contribution in [2.75, 3.05) is 32.6 Å². The Bertz CT molecular complexity index is 1250. The van der Waals surface area contributed by atoms with Gasteiger partial charge in [0.15, 0.2) is 11.5 Å². The number of ether oxygens (including phenoxy) is 2. The summed E-state index contributed by atoms with van der Waals surface area (Å²) in [5.74, 6) is 0.150. The number of nitrogens with zero attached hydrogens (tertiary/aromatic N) is 1. The minimum absolute atomic E-state index is 0.0134. The van der Waals surface area contributed by atoms with Crippen LogP contribution in [0.2, 0.25) is 10.0 Å². The van der Waals surface area contributed by atoms with Gasteiger partial charge >= 0.3 is 0 Å². The van der Waals surface area contributed by atoms with Crippen molar-refractivity contribution in [3.63, 3.8) is 0 Å². The van der Waals surface area contributed by atoms with Crippen LogP contribution in [-0.4, -0.2) is 45.9 Å². The molecule has 180 valence electrons. The summed E-state index contributed by atoms with van der Waals surface area (Å²) in [5.41, 5.74) is 1.35. The molecule has 0 aromatic heterocycles. The quantitative estimate of drug-likeness (QED) is 0.410. The van der Waals surface area contributed by atoms with Gasteiger partial charge in [-0.25, -0.2) is 8.42 Å². The number of methoxy groups -OCH3 is 2. The summed E-state index contributed by atoms with van der Waals surface area (Å²) in [6.07, 6.45) is 0.424. The lowest BCUT2D eigenvalue weighted by molar-refractivity contribution is -0.116. The van der Waals surface area contributed by atoms with Crippen molar-refractivity contribution in [3.8, 4) is 11.5 Å². The first-order valence-electron chi connectivity index (χ1n) is 10.3. The fourth-order valence-electron chi connectivity index (χ4n) is 3.24. The Balaban J connectivity index is 1.87. The van der Waals surface area contributed by atoms with Crippen LogP contribution in [0.25, 0.3) is 0 Å². The van der Waals surface area contributed by atoms with Crippen molar-refractivity contribution in [2.24, 2.45) is 0 Å². The standard InChI is InChI=1S/C24H24Cl2N2O5S/c1-32-22-11-9-19(15-23(22)33-2)34(30,31)28(13-12-17-6-4-3-5-7-17)16-24(29)27-18-8-10-20(25)21(26)14-18/h3-11,14-15H,12-13,16H2,1-2H3,(H,27,29). The number of hydrogen-bond acceptors (Lipinski definition) is 5. The summed E-state index contributed by atoms with van der Waals surface area (Å²) in [5, 5.41) is 3.29. The van der Waals surface area contributed by atoms with Gasteiger partial charge in [-0.1, -0.05) is 53.5 Å². The number of nitrogens with one attached hydrogen (secondary N) is 1. The molecule has 1 amide bonds. The largest absolute Gasteiger partial charge is 0.493 e. The van der Waals surface area contributed by atoms with Crippen LogP contribution in [0.15, 0.2) is 71.6 Å². The molecule has 0 fully saturated rings. The summed E-state index contributed by atoms with van der Waals surface area (Å²) in [6, 6.07) is 18.4. The monoisotopic (exact) mass is 522 g/mol. The lowest BCUT2D eigenvalue weighted by atomic mass is 10.1. The Kier molecular flexibility index (Phi) is 8.79. The predicted molar refractivity (Wildman–Crippen MR) is 134 cm³/mol. The van der Waals surface area contributed by atoms with Crippen molar-refractivity contribution in [2.45, 2.75) is 11.3 Å². The van der Waals surface area contributed by atoms with E-state index in [0.29, 0.717) is 22.9 Å². The second kappa shape index (κ2) is 11.6. The molecule has 3 aromatic carbocycles. The summed E-state index contributed by atoms with van der Waals surface area (Å²) in [4.78, 5) is 12.8. The van der Waals surface area contributed by atoms with E-state index in [9.17, 15) is 13.2 Å². The van der Waals surface area contributed by atoms with Crippen LogP contribution in [0.5, 0.6) is 11.5 Å². The highest BCUT2D eigenvalue weighted by molar-refractivity contribution is 7.89. The van der Waals surface area contributed by atoms with E-state index in [1.165, 1.54) is 38.5 Å². The average Bonchev–Trinajstić information content (AvgIpc) is 2.84. The molecule has 3 rings (SSSR count). The molecule has 3 aromatic rings. The van der Waals surface area contributed by atoms with Gasteiger partial charge in [0.2, 0.25) is 15.9 Å². The van der Waals surface area contributed by atoms with Crippen LogP contribution in [0.4, 0.5) is 5.69 Å². The van der Waals surface area contributed by atoms with Gasteiger partial charge < -0.3 is 14.8 Å². The van der Waals surface area contributed by atoms with E-state index in [1.807, 2.05) is 30.3 Å². The molecule has 0 bridgehead atoms. The number of carbonyl (C=O) groups excluding carboxylic acids is 1. The van der Waals surface area contributed by atoms with E-state index >= 15 is 0 Å². The number of amides is 1. The predicted octanol–water partition coefficient (Wildman–Crippen LogP) is 4.88. The molecule has 0 heterocycles. The topological polar surface area (TPSA) is 84.9 Å². The third kappa shape index (κ3) is 6.42. The third-order valence-electron chi connectivity index (χ3n) is 5.01. The van der Waals surface area contributed by atoms with Crippen LogP contribution in [0.3, 0.4) is 0 Å². The molecular formula is C24H24Cl2N2O5S. The fraction of sp³-hybridized carbons (Fsp3) is 0.208. The SMILES string of the molecule is COc1ccc(S(=O)(=O)N(CCc2ccccc2)CC(=O)Nc2ccc(Cl)c(Cl)c2)cc1OC. The number of hydrogen-bond donors (Lipinski definition) is 1. The van der Waals surface area contributed by atoms with Gasteiger partial charge in [0.1, 0.15) is 0 Å². The second-order valence-electron chi connectivity index (χ2n) is 7.27. The van der Waals surface area contributed by atoms with Gasteiger partial charge in [-0.15, -0.1) is 0 Å². The van der Waals surface area contributed by atoms with Crippen molar-refractivity contribution in [1.29, 1.82) is 0 Å². The Labute approximate surface area is 209 Å². The number of anilines is 1. The molecule has 7 nitrogen and oxygen atoms in total. The Morgan fingerprint density at radius 2 is 1.62 bits per heavy atom. The van der Waals surface area contributed by atoms with Crippen LogP contribution < -0.4 is 14.8 Å². The average molecular weight is 523 g/mol. The van der Waals surface area contributed by atoms with Crippen LogP contribution >= 0.6 is 23.2 Å². The van der Waals surface area contributed by atoms with E-state index in [4.69, 9.17) is 32.7 Å². The van der Waals surface area contributed by atoms with E-state index in [0.717, 1.165) is 9.87 Å². The Hall–Kier alpha value is -2.78. The molecule has 0 aliphatic rings. The molecule has 0 spiro atoms. The van der Waals surface area contributed by atoms with Gasteiger partial charge in [-0.3, -0.25) is 4.79 Å². The molecule has 0 saturated carbocycles. The van der Waals surface area contributed by atoms with Crippen LogP contribution in [0.1, 0.15) is 5.56 Å². The fourth-order valence-corrected chi connectivity index (χ4v) is 4.95. The highest BCUT2D eigenvalue weighted by Gasteiger charge is 2.28. The lowest BCUT2D eigenvalue weighted by Crippen LogP contribution is -2.39.